The first kappa shape index (κ1) is 16.6. The predicted molar refractivity (Wildman–Crippen MR) is 86.6 cm³/mol. The minimum atomic E-state index is -0.0359. The van der Waals surface area contributed by atoms with E-state index in [1.807, 2.05) is 0 Å². The van der Waals surface area contributed by atoms with Gasteiger partial charge in [-0.2, -0.15) is 0 Å². The molecule has 2 saturated carbocycles. The van der Waals surface area contributed by atoms with Crippen molar-refractivity contribution in [3.05, 3.63) is 5.01 Å². The number of hydrogen-bond donors (Lipinski definition) is 2. The quantitative estimate of drug-likeness (QED) is 0.888. The highest BCUT2D eigenvalue weighted by Gasteiger charge is 2.49. The maximum absolute atomic E-state index is 12.4. The van der Waals surface area contributed by atoms with E-state index >= 15 is 0 Å². The molecule has 5 nitrogen and oxygen atoms in total. The summed E-state index contributed by atoms with van der Waals surface area (Å²) in [5.41, 5.74) is 6.20. The number of fused-ring (bicyclic) bond motifs is 2. The number of carbonyl (C=O) groups is 1. The second kappa shape index (κ2) is 6.58. The molecule has 2 bridgehead atoms. The fraction of sp³-hybridized carbons (Fsp3) is 0.786. The Morgan fingerprint density at radius 2 is 2.10 bits per heavy atom. The highest BCUT2D eigenvalue weighted by Crippen LogP contribution is 2.47. The molecule has 4 atom stereocenters. The number of aromatic nitrogens is 2. The summed E-state index contributed by atoms with van der Waals surface area (Å²) in [4.78, 5) is 12.4. The lowest BCUT2D eigenvalue weighted by Crippen LogP contribution is -2.42. The van der Waals surface area contributed by atoms with E-state index in [2.05, 4.69) is 29.4 Å². The predicted octanol–water partition coefficient (Wildman–Crippen LogP) is 2.47. The second-order valence-electron chi connectivity index (χ2n) is 6.52. The van der Waals surface area contributed by atoms with Crippen molar-refractivity contribution in [2.45, 2.75) is 45.6 Å². The van der Waals surface area contributed by atoms with Crippen molar-refractivity contribution in [1.82, 2.24) is 10.2 Å². The Morgan fingerprint density at radius 3 is 2.71 bits per heavy atom. The average Bonchev–Trinajstić information content (AvgIpc) is 3.04. The minimum absolute atomic E-state index is 0. The standard InChI is InChI=1S/C14H22N4OS.ClH/c1-7(2)5-10-17-18-14(20-10)16-13(19)11-8-3-4-9(6-8)12(11)15;/h7-9,11-12H,3-6,15H2,1-2H3,(H,16,18,19);1H. The first-order valence-electron chi connectivity index (χ1n) is 7.43. The molecular formula is C14H23ClN4OS. The average molecular weight is 331 g/mol. The molecule has 1 aromatic heterocycles. The maximum Gasteiger partial charge on any atom is 0.231 e. The van der Waals surface area contributed by atoms with E-state index < -0.39 is 0 Å². The summed E-state index contributed by atoms with van der Waals surface area (Å²) in [6.45, 7) is 4.29. The van der Waals surface area contributed by atoms with Crippen LogP contribution in [0, 0.1) is 23.7 Å². The highest BCUT2D eigenvalue weighted by atomic mass is 35.5. The second-order valence-corrected chi connectivity index (χ2v) is 7.59. The first-order valence-corrected chi connectivity index (χ1v) is 8.25. The maximum atomic E-state index is 12.4. The summed E-state index contributed by atoms with van der Waals surface area (Å²) in [6.07, 6.45) is 4.35. The molecule has 4 unspecified atom stereocenters. The monoisotopic (exact) mass is 330 g/mol. The van der Waals surface area contributed by atoms with Gasteiger partial charge in [0.1, 0.15) is 5.01 Å². The molecule has 1 amide bonds. The fourth-order valence-electron chi connectivity index (χ4n) is 3.65. The number of hydrogen-bond acceptors (Lipinski definition) is 5. The Balaban J connectivity index is 0.00000161. The zero-order chi connectivity index (χ0) is 14.3. The van der Waals surface area contributed by atoms with Crippen LogP contribution in [0.15, 0.2) is 0 Å². The molecule has 0 aliphatic heterocycles. The molecule has 21 heavy (non-hydrogen) atoms. The summed E-state index contributed by atoms with van der Waals surface area (Å²) >= 11 is 1.47. The third-order valence-electron chi connectivity index (χ3n) is 4.56. The van der Waals surface area contributed by atoms with Crippen molar-refractivity contribution >= 4 is 34.8 Å². The van der Waals surface area contributed by atoms with Gasteiger partial charge >= 0.3 is 0 Å². The number of carbonyl (C=O) groups excluding carboxylic acids is 1. The Bertz CT molecular complexity index is 505. The SMILES string of the molecule is CC(C)Cc1nnc(NC(=O)C2C3CCC(C3)C2N)s1.Cl. The van der Waals surface area contributed by atoms with Crippen LogP contribution in [-0.2, 0) is 11.2 Å². The van der Waals surface area contributed by atoms with E-state index in [0.29, 0.717) is 22.9 Å². The van der Waals surface area contributed by atoms with E-state index in [1.54, 1.807) is 0 Å². The topological polar surface area (TPSA) is 80.9 Å². The minimum Gasteiger partial charge on any atom is -0.327 e. The number of rotatable bonds is 4. The smallest absolute Gasteiger partial charge is 0.231 e. The van der Waals surface area contributed by atoms with Gasteiger partial charge in [0.2, 0.25) is 11.0 Å². The Morgan fingerprint density at radius 1 is 1.38 bits per heavy atom. The lowest BCUT2D eigenvalue weighted by molar-refractivity contribution is -0.121. The van der Waals surface area contributed by atoms with Crippen LogP contribution in [0.5, 0.6) is 0 Å². The van der Waals surface area contributed by atoms with Gasteiger partial charge in [-0.15, -0.1) is 22.6 Å². The first-order chi connectivity index (χ1) is 9.54. The van der Waals surface area contributed by atoms with Gasteiger partial charge in [-0.1, -0.05) is 25.2 Å². The molecule has 2 fully saturated rings. The van der Waals surface area contributed by atoms with Crippen LogP contribution in [0.1, 0.15) is 38.1 Å². The van der Waals surface area contributed by atoms with E-state index in [4.69, 9.17) is 5.73 Å². The molecule has 0 radical (unpaired) electrons. The molecule has 1 heterocycles. The van der Waals surface area contributed by atoms with Crippen LogP contribution in [0.2, 0.25) is 0 Å². The number of nitrogens with two attached hydrogens (primary N) is 1. The number of halogens is 1. The van der Waals surface area contributed by atoms with Gasteiger partial charge in [-0.05, 0) is 37.0 Å². The van der Waals surface area contributed by atoms with Crippen molar-refractivity contribution in [3.63, 3.8) is 0 Å². The van der Waals surface area contributed by atoms with Gasteiger partial charge in [-0.3, -0.25) is 4.79 Å². The summed E-state index contributed by atoms with van der Waals surface area (Å²) in [6, 6.07) is 0.0248. The number of amides is 1. The van der Waals surface area contributed by atoms with Crippen LogP contribution in [0.3, 0.4) is 0 Å². The summed E-state index contributed by atoms with van der Waals surface area (Å²) in [5.74, 6) is 1.56. The van der Waals surface area contributed by atoms with Crippen LogP contribution in [0.25, 0.3) is 0 Å². The molecule has 0 spiro atoms. The van der Waals surface area contributed by atoms with Crippen LogP contribution >= 0.6 is 23.7 Å². The Labute approximate surface area is 135 Å². The molecule has 0 saturated heterocycles. The fourth-order valence-corrected chi connectivity index (χ4v) is 4.60. The van der Waals surface area contributed by atoms with E-state index in [0.717, 1.165) is 24.3 Å². The lowest BCUT2D eigenvalue weighted by Gasteiger charge is -2.26. The summed E-state index contributed by atoms with van der Waals surface area (Å²) in [5, 5.41) is 12.7. The van der Waals surface area contributed by atoms with Crippen molar-refractivity contribution in [1.29, 1.82) is 0 Å². The van der Waals surface area contributed by atoms with E-state index in [-0.39, 0.29) is 30.3 Å². The van der Waals surface area contributed by atoms with Crippen LogP contribution < -0.4 is 11.1 Å². The molecule has 2 aliphatic carbocycles. The molecule has 118 valence electrons. The van der Waals surface area contributed by atoms with Crippen molar-refractivity contribution in [3.8, 4) is 0 Å². The largest absolute Gasteiger partial charge is 0.327 e. The third-order valence-corrected chi connectivity index (χ3v) is 5.42. The molecule has 7 heteroatoms. The van der Waals surface area contributed by atoms with Gasteiger partial charge in [0, 0.05) is 12.5 Å². The molecule has 1 aromatic rings. The van der Waals surface area contributed by atoms with Crippen LogP contribution in [0.4, 0.5) is 5.13 Å². The van der Waals surface area contributed by atoms with E-state index in [1.165, 1.54) is 17.8 Å². The zero-order valence-electron chi connectivity index (χ0n) is 12.4. The summed E-state index contributed by atoms with van der Waals surface area (Å²) < 4.78 is 0. The van der Waals surface area contributed by atoms with Crippen LogP contribution in [-0.4, -0.2) is 22.1 Å². The Kier molecular flexibility index (Phi) is 5.22. The number of nitrogens with zero attached hydrogens (tertiary/aromatic N) is 2. The van der Waals surface area contributed by atoms with Gasteiger partial charge < -0.3 is 11.1 Å². The molecule has 3 rings (SSSR count). The third kappa shape index (κ3) is 3.38. The van der Waals surface area contributed by atoms with Gasteiger partial charge in [-0.25, -0.2) is 0 Å². The molecule has 2 aliphatic rings. The van der Waals surface area contributed by atoms with Gasteiger partial charge in [0.25, 0.3) is 0 Å². The van der Waals surface area contributed by atoms with Crippen molar-refractivity contribution in [2.75, 3.05) is 5.32 Å². The Hall–Kier alpha value is -0.720. The van der Waals surface area contributed by atoms with Gasteiger partial charge in [0.05, 0.1) is 5.92 Å². The molecule has 0 aromatic carbocycles. The van der Waals surface area contributed by atoms with Crippen molar-refractivity contribution < 1.29 is 4.79 Å². The number of anilines is 1. The van der Waals surface area contributed by atoms with Crippen molar-refractivity contribution in [2.24, 2.45) is 29.4 Å². The molecular weight excluding hydrogens is 308 g/mol. The van der Waals surface area contributed by atoms with Gasteiger partial charge in [0.15, 0.2) is 0 Å². The van der Waals surface area contributed by atoms with E-state index in [9.17, 15) is 4.79 Å². The normalized spacial score (nSPS) is 30.5. The lowest BCUT2D eigenvalue weighted by atomic mass is 9.84. The highest BCUT2D eigenvalue weighted by molar-refractivity contribution is 7.15. The summed E-state index contributed by atoms with van der Waals surface area (Å²) in [7, 11) is 0. The zero-order valence-corrected chi connectivity index (χ0v) is 14.0. The number of nitrogens with one attached hydrogen (secondary N) is 1. The molecule has 3 N–H and O–H groups in total.